The zero-order valence-corrected chi connectivity index (χ0v) is 30.7. The van der Waals surface area contributed by atoms with Crippen LogP contribution in [0.5, 0.6) is 23.0 Å². The summed E-state index contributed by atoms with van der Waals surface area (Å²) in [4.78, 5) is 14.5. The van der Waals surface area contributed by atoms with Gasteiger partial charge in [0.25, 0.3) is 0 Å². The van der Waals surface area contributed by atoms with Crippen molar-refractivity contribution in [2.45, 2.75) is 5.41 Å². The molecule has 0 saturated heterocycles. The molecule has 0 unspecified atom stereocenters. The molecule has 0 atom stereocenters. The Balaban J connectivity index is 0.976. The third-order valence-electron chi connectivity index (χ3n) is 11.1. The van der Waals surface area contributed by atoms with E-state index in [4.69, 9.17) is 19.4 Å². The first kappa shape index (κ1) is 32.8. The molecule has 1 aliphatic carbocycles. The topological polar surface area (TPSA) is 57.1 Å². The van der Waals surface area contributed by atoms with Gasteiger partial charge >= 0.3 is 0 Å². The van der Waals surface area contributed by atoms with E-state index in [1.807, 2.05) is 60.7 Å². The van der Waals surface area contributed by atoms with Crippen LogP contribution >= 0.6 is 0 Å². The largest absolute Gasteiger partial charge is 0.449 e. The van der Waals surface area contributed by atoms with Crippen molar-refractivity contribution in [1.29, 1.82) is 0 Å². The van der Waals surface area contributed by atoms with E-state index in [1.165, 1.54) is 22.3 Å². The normalized spacial score (nSPS) is 13.0. The minimum absolute atomic E-state index is 0.527. The van der Waals surface area contributed by atoms with Gasteiger partial charge in [0.15, 0.2) is 28.8 Å². The number of nitrogens with zero attached hydrogens (tertiary/aromatic N) is 3. The maximum atomic E-state index is 6.96. The molecule has 9 aromatic rings. The van der Waals surface area contributed by atoms with Gasteiger partial charge in [-0.05, 0) is 75.3 Å². The van der Waals surface area contributed by atoms with E-state index in [0.717, 1.165) is 56.2 Å². The number of rotatable bonds is 6. The van der Waals surface area contributed by atoms with Crippen molar-refractivity contribution in [2.24, 2.45) is 0 Å². The highest BCUT2D eigenvalue weighted by atomic mass is 16.6. The first-order valence-electron chi connectivity index (χ1n) is 19.1. The van der Waals surface area contributed by atoms with Crippen LogP contribution in [-0.4, -0.2) is 15.0 Å². The van der Waals surface area contributed by atoms with Gasteiger partial charge in [0.1, 0.15) is 0 Å². The van der Waals surface area contributed by atoms with E-state index >= 15 is 0 Å². The first-order valence-corrected chi connectivity index (χ1v) is 19.1. The van der Waals surface area contributed by atoms with Gasteiger partial charge in [0.05, 0.1) is 22.5 Å². The molecule has 5 heteroatoms. The SMILES string of the molecule is c1ccc(-c2nc(-c3ccc(-c4ccc5c(c4)Oc4c(ccc6c4-c4ccccc4C6(c4ccccc4)c4ccccc4)O5)cc3)cc(-c3ccccn3)n2)cc1. The third kappa shape index (κ3) is 5.35. The fraction of sp³-hybridized carbons (Fsp3) is 0.0192. The third-order valence-corrected chi connectivity index (χ3v) is 11.1. The minimum Gasteiger partial charge on any atom is -0.449 e. The lowest BCUT2D eigenvalue weighted by Gasteiger charge is -2.34. The Hall–Kier alpha value is -7.63. The van der Waals surface area contributed by atoms with Crippen LogP contribution in [0.3, 0.4) is 0 Å². The van der Waals surface area contributed by atoms with Crippen molar-refractivity contribution in [3.8, 4) is 79.3 Å². The Morgan fingerprint density at radius 2 is 1.02 bits per heavy atom. The molecule has 5 nitrogen and oxygen atoms in total. The molecule has 2 aromatic heterocycles. The molecule has 7 aromatic carbocycles. The second-order valence-corrected chi connectivity index (χ2v) is 14.3. The fourth-order valence-electron chi connectivity index (χ4n) is 8.53. The zero-order chi connectivity index (χ0) is 37.8. The lowest BCUT2D eigenvalue weighted by atomic mass is 9.68. The number of hydrogen-bond acceptors (Lipinski definition) is 5. The van der Waals surface area contributed by atoms with E-state index in [2.05, 4.69) is 138 Å². The molecule has 2 aliphatic rings. The molecule has 11 rings (SSSR count). The summed E-state index contributed by atoms with van der Waals surface area (Å²) in [6, 6.07) is 67.1. The van der Waals surface area contributed by atoms with E-state index in [-0.39, 0.29) is 0 Å². The van der Waals surface area contributed by atoms with Gasteiger partial charge < -0.3 is 9.47 Å². The van der Waals surface area contributed by atoms with Crippen LogP contribution in [0, 0.1) is 0 Å². The van der Waals surface area contributed by atoms with Crippen molar-refractivity contribution in [1.82, 2.24) is 15.0 Å². The van der Waals surface area contributed by atoms with E-state index < -0.39 is 5.41 Å². The molecular weight excluding hydrogens is 699 g/mol. The van der Waals surface area contributed by atoms with Gasteiger partial charge in [-0.3, -0.25) is 4.98 Å². The van der Waals surface area contributed by atoms with Crippen molar-refractivity contribution in [3.63, 3.8) is 0 Å². The smallest absolute Gasteiger partial charge is 0.178 e. The summed E-state index contributed by atoms with van der Waals surface area (Å²) in [7, 11) is 0. The average Bonchev–Trinajstić information content (AvgIpc) is 3.61. The first-order chi connectivity index (χ1) is 28.2. The van der Waals surface area contributed by atoms with Gasteiger partial charge in [0, 0.05) is 22.9 Å². The second kappa shape index (κ2) is 13.3. The van der Waals surface area contributed by atoms with Crippen LogP contribution < -0.4 is 9.47 Å². The molecule has 0 saturated carbocycles. The molecule has 268 valence electrons. The Labute approximate surface area is 330 Å². The molecular formula is C52H33N3O2. The summed E-state index contributed by atoms with van der Waals surface area (Å²) >= 11 is 0. The van der Waals surface area contributed by atoms with Gasteiger partial charge in [-0.25, -0.2) is 9.97 Å². The zero-order valence-electron chi connectivity index (χ0n) is 30.7. The summed E-state index contributed by atoms with van der Waals surface area (Å²) in [5.41, 5.74) is 12.9. The Morgan fingerprint density at radius 1 is 0.386 bits per heavy atom. The fourth-order valence-corrected chi connectivity index (χ4v) is 8.53. The number of aromatic nitrogens is 3. The van der Waals surface area contributed by atoms with Crippen molar-refractivity contribution < 1.29 is 9.47 Å². The van der Waals surface area contributed by atoms with Gasteiger partial charge in [-0.2, -0.15) is 0 Å². The predicted molar refractivity (Wildman–Crippen MR) is 225 cm³/mol. The van der Waals surface area contributed by atoms with Gasteiger partial charge in [0.2, 0.25) is 0 Å². The molecule has 1 aliphatic heterocycles. The van der Waals surface area contributed by atoms with E-state index in [0.29, 0.717) is 23.1 Å². The maximum Gasteiger partial charge on any atom is 0.178 e. The lowest BCUT2D eigenvalue weighted by molar-refractivity contribution is 0.360. The van der Waals surface area contributed by atoms with Crippen LogP contribution in [0.2, 0.25) is 0 Å². The molecule has 0 bridgehead atoms. The molecule has 0 fully saturated rings. The van der Waals surface area contributed by atoms with Crippen molar-refractivity contribution in [2.75, 3.05) is 0 Å². The number of hydrogen-bond donors (Lipinski definition) is 0. The molecule has 0 amide bonds. The van der Waals surface area contributed by atoms with Gasteiger partial charge in [-0.1, -0.05) is 158 Å². The number of pyridine rings is 1. The van der Waals surface area contributed by atoms with Crippen LogP contribution in [-0.2, 0) is 5.41 Å². The van der Waals surface area contributed by atoms with Crippen LogP contribution in [0.15, 0.2) is 200 Å². The number of benzene rings is 7. The van der Waals surface area contributed by atoms with Crippen molar-refractivity contribution >= 4 is 0 Å². The van der Waals surface area contributed by atoms with Gasteiger partial charge in [-0.15, -0.1) is 0 Å². The lowest BCUT2D eigenvalue weighted by Crippen LogP contribution is -2.28. The highest BCUT2D eigenvalue weighted by Crippen LogP contribution is 2.62. The van der Waals surface area contributed by atoms with E-state index in [1.54, 1.807) is 6.20 Å². The maximum absolute atomic E-state index is 6.96. The monoisotopic (exact) mass is 731 g/mol. The quantitative estimate of drug-likeness (QED) is 0.170. The number of ether oxygens (including phenoxy) is 2. The predicted octanol–water partition coefficient (Wildman–Crippen LogP) is 12.8. The minimum atomic E-state index is -0.527. The molecule has 0 spiro atoms. The van der Waals surface area contributed by atoms with Crippen LogP contribution in [0.25, 0.3) is 56.3 Å². The van der Waals surface area contributed by atoms with Crippen molar-refractivity contribution in [3.05, 3.63) is 223 Å². The summed E-state index contributed by atoms with van der Waals surface area (Å²) in [6.07, 6.45) is 1.79. The Morgan fingerprint density at radius 3 is 1.75 bits per heavy atom. The average molecular weight is 732 g/mol. The molecule has 3 heterocycles. The van der Waals surface area contributed by atoms with E-state index in [9.17, 15) is 0 Å². The summed E-state index contributed by atoms with van der Waals surface area (Å²) in [5.74, 6) is 3.45. The van der Waals surface area contributed by atoms with Crippen LogP contribution in [0.1, 0.15) is 22.3 Å². The highest BCUT2D eigenvalue weighted by molar-refractivity contribution is 5.92. The molecule has 0 radical (unpaired) electrons. The second-order valence-electron chi connectivity index (χ2n) is 14.3. The standard InChI is InChI=1S/C52H33N3O2/c1-4-14-36(15-5-1)51-54-44(33-45(55-51)43-22-12-13-31-53-43)35-25-23-34(24-26-35)37-27-29-46-48(32-37)57-50-47(56-46)30-28-42-49(50)40-20-10-11-21-41(40)52(42,38-16-6-2-7-17-38)39-18-8-3-9-19-39/h1-33H. The molecule has 0 N–H and O–H groups in total. The number of fused-ring (bicyclic) bond motifs is 6. The Bertz CT molecular complexity index is 2840. The van der Waals surface area contributed by atoms with Crippen LogP contribution in [0.4, 0.5) is 0 Å². The highest BCUT2D eigenvalue weighted by Gasteiger charge is 2.48. The summed E-state index contributed by atoms with van der Waals surface area (Å²) in [5, 5.41) is 0. The molecule has 57 heavy (non-hydrogen) atoms. The summed E-state index contributed by atoms with van der Waals surface area (Å²) in [6.45, 7) is 0. The Kier molecular flexibility index (Phi) is 7.64. The summed E-state index contributed by atoms with van der Waals surface area (Å²) < 4.78 is 13.6.